The summed E-state index contributed by atoms with van der Waals surface area (Å²) in [6.07, 6.45) is 0. The number of carbonyl (C=O) groups excluding carboxylic acids is 1. The second kappa shape index (κ2) is 6.21. The van der Waals surface area contributed by atoms with Crippen LogP contribution in [0.1, 0.15) is 17.3 Å². The number of nitrogen functional groups attached to an aromatic ring is 1. The highest BCUT2D eigenvalue weighted by Gasteiger charge is 2.07. The fraction of sp³-hybridized carbons (Fsp3) is 0.222. The van der Waals surface area contributed by atoms with Crippen molar-refractivity contribution in [2.75, 3.05) is 12.3 Å². The molecule has 0 aromatic heterocycles. The van der Waals surface area contributed by atoms with E-state index in [0.29, 0.717) is 6.61 Å². The third-order valence-corrected chi connectivity index (χ3v) is 1.57. The first kappa shape index (κ1) is 13.7. The normalized spacial score (nSPS) is 9.20. The molecule has 0 aliphatic heterocycles. The van der Waals surface area contributed by atoms with Gasteiger partial charge >= 0.3 is 0 Å². The van der Waals surface area contributed by atoms with E-state index in [2.05, 4.69) is 10.3 Å². The zero-order chi connectivity index (χ0) is 10.6. The highest BCUT2D eigenvalue weighted by molar-refractivity contribution is 5.94. The van der Waals surface area contributed by atoms with E-state index in [1.165, 1.54) is 12.1 Å². The molecule has 0 bridgehead atoms. The minimum atomic E-state index is -0.544. The number of nitrogens with two attached hydrogens (primary N) is 1. The van der Waals surface area contributed by atoms with E-state index < -0.39 is 11.7 Å². The number of rotatable bonds is 3. The molecule has 0 aliphatic rings. The predicted octanol–water partition coefficient (Wildman–Crippen LogP) is 1.51. The molecule has 1 rings (SSSR count). The molecule has 0 atom stereocenters. The molecule has 0 aliphatic carbocycles. The Hall–Kier alpha value is -1.33. The number of nitrogens with one attached hydrogen (secondary N) is 1. The van der Waals surface area contributed by atoms with Crippen molar-refractivity contribution in [2.45, 2.75) is 6.92 Å². The van der Waals surface area contributed by atoms with E-state index in [9.17, 15) is 9.18 Å². The first-order valence-corrected chi connectivity index (χ1v) is 4.12. The molecule has 1 aromatic carbocycles. The molecule has 0 heterocycles. The van der Waals surface area contributed by atoms with E-state index in [1.54, 1.807) is 6.92 Å². The molecule has 0 fully saturated rings. The summed E-state index contributed by atoms with van der Waals surface area (Å²) in [5.74, 6) is -0.989. The van der Waals surface area contributed by atoms with Crippen molar-refractivity contribution in [2.24, 2.45) is 0 Å². The Labute approximate surface area is 93.0 Å². The lowest BCUT2D eigenvalue weighted by atomic mass is 10.2. The Morgan fingerprint density at radius 2 is 2.27 bits per heavy atom. The van der Waals surface area contributed by atoms with Gasteiger partial charge in [-0.15, -0.1) is 12.4 Å². The molecular formula is C9H12ClFN2O2. The summed E-state index contributed by atoms with van der Waals surface area (Å²) in [7, 11) is 0. The minimum absolute atomic E-state index is 0. The van der Waals surface area contributed by atoms with E-state index >= 15 is 0 Å². The van der Waals surface area contributed by atoms with Crippen molar-refractivity contribution in [3.8, 4) is 0 Å². The smallest absolute Gasteiger partial charge is 0.274 e. The van der Waals surface area contributed by atoms with Gasteiger partial charge in [0, 0.05) is 5.56 Å². The Kier molecular flexibility index (Phi) is 5.66. The molecule has 0 spiro atoms. The summed E-state index contributed by atoms with van der Waals surface area (Å²) in [6.45, 7) is 2.10. The maximum absolute atomic E-state index is 12.7. The Balaban J connectivity index is 0.00000196. The second-order valence-electron chi connectivity index (χ2n) is 2.60. The fourth-order valence-electron chi connectivity index (χ4n) is 0.882. The molecule has 0 radical (unpaired) electrons. The van der Waals surface area contributed by atoms with Gasteiger partial charge in [-0.25, -0.2) is 9.87 Å². The quantitative estimate of drug-likeness (QED) is 0.616. The summed E-state index contributed by atoms with van der Waals surface area (Å²) in [5, 5.41) is 0. The SMILES string of the molecule is CCONC(=O)c1ccc(F)c(N)c1.Cl. The van der Waals surface area contributed by atoms with Gasteiger partial charge < -0.3 is 5.73 Å². The lowest BCUT2D eigenvalue weighted by Gasteiger charge is -2.04. The first-order valence-electron chi connectivity index (χ1n) is 4.12. The number of halogens is 2. The van der Waals surface area contributed by atoms with E-state index in [-0.39, 0.29) is 23.7 Å². The zero-order valence-electron chi connectivity index (χ0n) is 8.12. The maximum Gasteiger partial charge on any atom is 0.274 e. The van der Waals surface area contributed by atoms with Crippen LogP contribution >= 0.6 is 12.4 Å². The van der Waals surface area contributed by atoms with Gasteiger partial charge in [0.1, 0.15) is 5.82 Å². The number of hydrogen-bond donors (Lipinski definition) is 2. The second-order valence-corrected chi connectivity index (χ2v) is 2.60. The van der Waals surface area contributed by atoms with Gasteiger partial charge in [-0.2, -0.15) is 0 Å². The maximum atomic E-state index is 12.7. The molecule has 1 aromatic rings. The number of hydroxylamine groups is 1. The van der Waals surface area contributed by atoms with Crippen LogP contribution in [0.15, 0.2) is 18.2 Å². The van der Waals surface area contributed by atoms with Crippen LogP contribution in [-0.2, 0) is 4.84 Å². The molecule has 4 nitrogen and oxygen atoms in total. The monoisotopic (exact) mass is 234 g/mol. The Morgan fingerprint density at radius 1 is 1.60 bits per heavy atom. The topological polar surface area (TPSA) is 64.3 Å². The number of benzene rings is 1. The first-order chi connectivity index (χ1) is 6.65. The van der Waals surface area contributed by atoms with Crippen molar-refractivity contribution in [1.82, 2.24) is 5.48 Å². The third kappa shape index (κ3) is 3.73. The average molecular weight is 235 g/mol. The van der Waals surface area contributed by atoms with Crippen LogP contribution in [0.5, 0.6) is 0 Å². The number of hydrogen-bond acceptors (Lipinski definition) is 3. The summed E-state index contributed by atoms with van der Waals surface area (Å²) in [4.78, 5) is 15.9. The number of amides is 1. The van der Waals surface area contributed by atoms with Gasteiger partial charge in [0.05, 0.1) is 12.3 Å². The molecule has 6 heteroatoms. The third-order valence-electron chi connectivity index (χ3n) is 1.57. The van der Waals surface area contributed by atoms with Crippen LogP contribution in [-0.4, -0.2) is 12.5 Å². The van der Waals surface area contributed by atoms with Crippen molar-refractivity contribution in [3.63, 3.8) is 0 Å². The van der Waals surface area contributed by atoms with Gasteiger partial charge in [0.25, 0.3) is 5.91 Å². The van der Waals surface area contributed by atoms with Gasteiger partial charge in [0.2, 0.25) is 0 Å². The summed E-state index contributed by atoms with van der Waals surface area (Å²) >= 11 is 0. The largest absolute Gasteiger partial charge is 0.396 e. The van der Waals surface area contributed by atoms with Gasteiger partial charge in [-0.1, -0.05) is 0 Å². The van der Waals surface area contributed by atoms with Gasteiger partial charge in [0.15, 0.2) is 0 Å². The molecule has 0 saturated heterocycles. The molecule has 84 valence electrons. The molecular weight excluding hydrogens is 223 g/mol. The fourth-order valence-corrected chi connectivity index (χ4v) is 0.882. The molecule has 0 unspecified atom stereocenters. The van der Waals surface area contributed by atoms with Crippen molar-refractivity contribution < 1.29 is 14.0 Å². The molecule has 1 amide bonds. The Morgan fingerprint density at radius 3 is 2.80 bits per heavy atom. The van der Waals surface area contributed by atoms with Gasteiger partial charge in [-0.05, 0) is 25.1 Å². The predicted molar refractivity (Wildman–Crippen MR) is 57.2 cm³/mol. The van der Waals surface area contributed by atoms with E-state index in [1.807, 2.05) is 0 Å². The summed E-state index contributed by atoms with van der Waals surface area (Å²) in [6, 6.07) is 3.72. The van der Waals surface area contributed by atoms with Crippen molar-refractivity contribution >= 4 is 24.0 Å². The van der Waals surface area contributed by atoms with Crippen molar-refractivity contribution in [3.05, 3.63) is 29.6 Å². The van der Waals surface area contributed by atoms with Crippen LogP contribution < -0.4 is 11.2 Å². The highest BCUT2D eigenvalue weighted by Crippen LogP contribution is 2.11. The van der Waals surface area contributed by atoms with Crippen LogP contribution in [0.25, 0.3) is 0 Å². The number of carbonyl (C=O) groups is 1. The lowest BCUT2D eigenvalue weighted by molar-refractivity contribution is 0.0364. The molecule has 15 heavy (non-hydrogen) atoms. The highest BCUT2D eigenvalue weighted by atomic mass is 35.5. The summed E-state index contributed by atoms with van der Waals surface area (Å²) < 4.78 is 12.7. The van der Waals surface area contributed by atoms with Gasteiger partial charge in [-0.3, -0.25) is 9.63 Å². The van der Waals surface area contributed by atoms with Crippen LogP contribution in [0.4, 0.5) is 10.1 Å². The van der Waals surface area contributed by atoms with Crippen LogP contribution in [0.2, 0.25) is 0 Å². The Bertz CT molecular complexity index is 347. The number of anilines is 1. The molecule has 3 N–H and O–H groups in total. The minimum Gasteiger partial charge on any atom is -0.396 e. The summed E-state index contributed by atoms with van der Waals surface area (Å²) in [5.41, 5.74) is 7.67. The van der Waals surface area contributed by atoms with Crippen molar-refractivity contribution in [1.29, 1.82) is 0 Å². The lowest BCUT2D eigenvalue weighted by Crippen LogP contribution is -2.23. The molecule has 0 saturated carbocycles. The van der Waals surface area contributed by atoms with E-state index in [4.69, 9.17) is 5.73 Å². The van der Waals surface area contributed by atoms with Crippen LogP contribution in [0.3, 0.4) is 0 Å². The van der Waals surface area contributed by atoms with E-state index in [0.717, 1.165) is 6.07 Å². The zero-order valence-corrected chi connectivity index (χ0v) is 8.94. The average Bonchev–Trinajstić information content (AvgIpc) is 2.18. The standard InChI is InChI=1S/C9H11FN2O2.ClH/c1-2-14-12-9(13)6-3-4-7(10)8(11)5-6;/h3-5H,2,11H2,1H3,(H,12,13);1H. The van der Waals surface area contributed by atoms with Crippen LogP contribution in [0, 0.1) is 5.82 Å².